The predicted molar refractivity (Wildman–Crippen MR) is 102 cm³/mol. The van der Waals surface area contributed by atoms with E-state index in [1.807, 2.05) is 10.7 Å². The van der Waals surface area contributed by atoms with E-state index in [9.17, 15) is 9.59 Å². The van der Waals surface area contributed by atoms with Crippen molar-refractivity contribution in [3.8, 4) is 6.07 Å². The zero-order valence-corrected chi connectivity index (χ0v) is 15.6. The molecule has 3 heterocycles. The second-order valence-electron chi connectivity index (χ2n) is 6.38. The second kappa shape index (κ2) is 7.62. The molecule has 3 aromatic rings. The molecule has 0 aliphatic carbocycles. The third-order valence-electron chi connectivity index (χ3n) is 4.57. The quantitative estimate of drug-likeness (QED) is 0.730. The molecule has 9 heteroatoms. The Morgan fingerprint density at radius 2 is 2.25 bits per heavy atom. The maximum atomic E-state index is 13.0. The van der Waals surface area contributed by atoms with Crippen LogP contribution in [0.25, 0.3) is 0 Å². The number of nitrogens with zero attached hydrogens (tertiary/aromatic N) is 5. The summed E-state index contributed by atoms with van der Waals surface area (Å²) in [5, 5.41) is 18.0. The van der Waals surface area contributed by atoms with E-state index in [1.165, 1.54) is 11.3 Å². The molecule has 1 aromatic carbocycles. The van der Waals surface area contributed by atoms with Crippen LogP contribution in [0.4, 0.5) is 0 Å². The summed E-state index contributed by atoms with van der Waals surface area (Å²) in [6.45, 7) is 1.15. The Labute approximate surface area is 165 Å². The molecule has 0 unspecified atom stereocenters. The summed E-state index contributed by atoms with van der Waals surface area (Å²) in [4.78, 5) is 30.9. The van der Waals surface area contributed by atoms with Crippen LogP contribution in [0.2, 0.25) is 0 Å². The van der Waals surface area contributed by atoms with E-state index in [4.69, 9.17) is 5.26 Å². The SMILES string of the molecule is N#Cc1cccc(C(=O)N2Cc3ccnn3[C@H](CNC(=O)c3cscn3)C2)c1. The number of aromatic nitrogens is 3. The highest BCUT2D eigenvalue weighted by Crippen LogP contribution is 2.22. The van der Waals surface area contributed by atoms with E-state index in [0.717, 1.165) is 5.69 Å². The van der Waals surface area contributed by atoms with Crippen molar-refractivity contribution in [1.29, 1.82) is 5.26 Å². The molecule has 0 radical (unpaired) electrons. The van der Waals surface area contributed by atoms with Crippen LogP contribution < -0.4 is 5.32 Å². The normalized spacial score (nSPS) is 15.5. The van der Waals surface area contributed by atoms with Crippen molar-refractivity contribution in [1.82, 2.24) is 25.0 Å². The van der Waals surface area contributed by atoms with Crippen LogP contribution in [-0.4, -0.2) is 44.6 Å². The number of fused-ring (bicyclic) bond motifs is 1. The van der Waals surface area contributed by atoms with Crippen LogP contribution in [0.1, 0.15) is 38.1 Å². The summed E-state index contributed by atoms with van der Waals surface area (Å²) in [7, 11) is 0. The first-order valence-electron chi connectivity index (χ1n) is 8.64. The highest BCUT2D eigenvalue weighted by Gasteiger charge is 2.29. The van der Waals surface area contributed by atoms with Gasteiger partial charge in [0.25, 0.3) is 11.8 Å². The third-order valence-corrected chi connectivity index (χ3v) is 5.16. The Kier molecular flexibility index (Phi) is 4.87. The van der Waals surface area contributed by atoms with Gasteiger partial charge in [0.1, 0.15) is 5.69 Å². The molecule has 4 rings (SSSR count). The minimum Gasteiger partial charge on any atom is -0.348 e. The van der Waals surface area contributed by atoms with Gasteiger partial charge in [-0.1, -0.05) is 6.07 Å². The maximum Gasteiger partial charge on any atom is 0.270 e. The summed E-state index contributed by atoms with van der Waals surface area (Å²) in [5.41, 5.74) is 3.79. The Bertz CT molecular complexity index is 1050. The van der Waals surface area contributed by atoms with Crippen molar-refractivity contribution in [3.05, 3.63) is 69.9 Å². The molecule has 140 valence electrons. The van der Waals surface area contributed by atoms with Gasteiger partial charge in [-0.2, -0.15) is 10.4 Å². The number of carbonyl (C=O) groups is 2. The first-order valence-corrected chi connectivity index (χ1v) is 9.58. The fourth-order valence-corrected chi connectivity index (χ4v) is 3.76. The molecule has 2 amide bonds. The van der Waals surface area contributed by atoms with Gasteiger partial charge in [0, 0.05) is 30.2 Å². The number of amides is 2. The lowest BCUT2D eigenvalue weighted by Gasteiger charge is -2.34. The molecule has 1 N–H and O–H groups in total. The first kappa shape index (κ1) is 17.9. The molecule has 0 bridgehead atoms. The highest BCUT2D eigenvalue weighted by molar-refractivity contribution is 7.07. The predicted octanol–water partition coefficient (Wildman–Crippen LogP) is 1.84. The lowest BCUT2D eigenvalue weighted by molar-refractivity contribution is 0.0666. The number of nitriles is 1. The molecule has 0 spiro atoms. The van der Waals surface area contributed by atoms with Gasteiger partial charge in [0.2, 0.25) is 0 Å². The molecule has 28 heavy (non-hydrogen) atoms. The van der Waals surface area contributed by atoms with Crippen molar-refractivity contribution in [3.63, 3.8) is 0 Å². The number of benzene rings is 1. The zero-order chi connectivity index (χ0) is 19.5. The van der Waals surface area contributed by atoms with Gasteiger partial charge >= 0.3 is 0 Å². The summed E-state index contributed by atoms with van der Waals surface area (Å²) < 4.78 is 1.84. The molecule has 1 aliphatic rings. The Balaban J connectivity index is 1.51. The maximum absolute atomic E-state index is 13.0. The van der Waals surface area contributed by atoms with Gasteiger partial charge in [-0.3, -0.25) is 14.3 Å². The van der Waals surface area contributed by atoms with Crippen molar-refractivity contribution in [2.45, 2.75) is 12.6 Å². The summed E-state index contributed by atoms with van der Waals surface area (Å²) >= 11 is 1.36. The molecule has 8 nitrogen and oxygen atoms in total. The van der Waals surface area contributed by atoms with Crippen molar-refractivity contribution < 1.29 is 9.59 Å². The van der Waals surface area contributed by atoms with Gasteiger partial charge < -0.3 is 10.2 Å². The van der Waals surface area contributed by atoms with Crippen LogP contribution in [0.15, 0.2) is 47.4 Å². The largest absolute Gasteiger partial charge is 0.348 e. The van der Waals surface area contributed by atoms with E-state index in [1.54, 1.807) is 46.3 Å². The van der Waals surface area contributed by atoms with E-state index in [2.05, 4.69) is 21.5 Å². The zero-order valence-electron chi connectivity index (χ0n) is 14.8. The number of hydrogen-bond donors (Lipinski definition) is 1. The van der Waals surface area contributed by atoms with Crippen LogP contribution in [0, 0.1) is 11.3 Å². The summed E-state index contributed by atoms with van der Waals surface area (Å²) in [5.74, 6) is -0.402. The summed E-state index contributed by atoms with van der Waals surface area (Å²) in [6.07, 6.45) is 1.69. The molecule has 0 saturated heterocycles. The van der Waals surface area contributed by atoms with Crippen molar-refractivity contribution in [2.24, 2.45) is 0 Å². The third kappa shape index (κ3) is 3.50. The summed E-state index contributed by atoms with van der Waals surface area (Å²) in [6, 6.07) is 10.4. The molecular formula is C19H16N6O2S. The minimum absolute atomic E-state index is 0.152. The van der Waals surface area contributed by atoms with Gasteiger partial charge in [0.15, 0.2) is 0 Å². The molecule has 0 saturated carbocycles. The lowest BCUT2D eigenvalue weighted by atomic mass is 10.1. The van der Waals surface area contributed by atoms with Gasteiger partial charge in [-0.05, 0) is 24.3 Å². The van der Waals surface area contributed by atoms with Crippen LogP contribution in [0.5, 0.6) is 0 Å². The molecule has 1 atom stereocenters. The van der Waals surface area contributed by atoms with Gasteiger partial charge in [-0.25, -0.2) is 4.98 Å². The second-order valence-corrected chi connectivity index (χ2v) is 7.10. The number of carbonyl (C=O) groups excluding carboxylic acids is 2. The topological polar surface area (TPSA) is 104 Å². The van der Waals surface area contributed by atoms with E-state index in [0.29, 0.717) is 36.5 Å². The Hall–Kier alpha value is -3.51. The number of hydrogen-bond acceptors (Lipinski definition) is 6. The van der Waals surface area contributed by atoms with Gasteiger partial charge in [0.05, 0.1) is 35.4 Å². The lowest BCUT2D eigenvalue weighted by Crippen LogP contribution is -2.45. The molecule has 0 fully saturated rings. The fourth-order valence-electron chi connectivity index (χ4n) is 3.22. The molecular weight excluding hydrogens is 376 g/mol. The van der Waals surface area contributed by atoms with Crippen molar-refractivity contribution in [2.75, 3.05) is 13.1 Å². The average Bonchev–Trinajstić information content (AvgIpc) is 3.43. The Morgan fingerprint density at radius 1 is 1.36 bits per heavy atom. The highest BCUT2D eigenvalue weighted by atomic mass is 32.1. The van der Waals surface area contributed by atoms with Crippen molar-refractivity contribution >= 4 is 23.2 Å². The van der Waals surface area contributed by atoms with Crippen LogP contribution in [0.3, 0.4) is 0 Å². The first-order chi connectivity index (χ1) is 13.7. The van der Waals surface area contributed by atoms with Crippen LogP contribution >= 0.6 is 11.3 Å². The monoisotopic (exact) mass is 392 g/mol. The van der Waals surface area contributed by atoms with Crippen LogP contribution in [-0.2, 0) is 6.54 Å². The number of nitrogens with one attached hydrogen (secondary N) is 1. The smallest absolute Gasteiger partial charge is 0.270 e. The van der Waals surface area contributed by atoms with E-state index < -0.39 is 0 Å². The molecule has 2 aromatic heterocycles. The number of thiazole rings is 1. The average molecular weight is 392 g/mol. The molecule has 1 aliphatic heterocycles. The van der Waals surface area contributed by atoms with E-state index >= 15 is 0 Å². The fraction of sp³-hybridized carbons (Fsp3) is 0.211. The minimum atomic E-state index is -0.250. The van der Waals surface area contributed by atoms with Gasteiger partial charge in [-0.15, -0.1) is 11.3 Å². The standard InChI is InChI=1S/C19H16N6O2S/c20-7-13-2-1-3-14(6-13)19(27)24-9-15-4-5-23-25(15)16(10-24)8-21-18(26)17-11-28-12-22-17/h1-6,11-12,16H,8-10H2,(H,21,26)/t16-/m1/s1. The number of rotatable bonds is 4. The van der Waals surface area contributed by atoms with E-state index in [-0.39, 0.29) is 17.9 Å². The Morgan fingerprint density at radius 3 is 3.04 bits per heavy atom.